The van der Waals surface area contributed by atoms with Crippen molar-refractivity contribution in [3.63, 3.8) is 0 Å². The maximum atomic E-state index is 13.3. The smallest absolute Gasteiger partial charge is 0.284 e. The highest BCUT2D eigenvalue weighted by Gasteiger charge is 2.24. The van der Waals surface area contributed by atoms with E-state index >= 15 is 0 Å². The SMILES string of the molecule is COC1CCN(c2cc(-c3cnc(N)c(-c4ccc(NC(=O)c5c(C)n(C)n(-c6ccccc6Cl)c5=O)cc4)n3)ccn2)CC1. The number of benzene rings is 2. The van der Waals surface area contributed by atoms with Gasteiger partial charge >= 0.3 is 0 Å². The Morgan fingerprint density at radius 2 is 1.78 bits per heavy atom. The minimum Gasteiger partial charge on any atom is -0.382 e. The molecular formula is C33H33ClN8O3. The Morgan fingerprint density at radius 3 is 2.49 bits per heavy atom. The Bertz CT molecular complexity index is 1930. The van der Waals surface area contributed by atoms with Gasteiger partial charge in [0.1, 0.15) is 22.9 Å². The van der Waals surface area contributed by atoms with Crippen molar-refractivity contribution in [2.24, 2.45) is 7.05 Å². The van der Waals surface area contributed by atoms with Crippen molar-refractivity contribution < 1.29 is 9.53 Å². The third-order valence-corrected chi connectivity index (χ3v) is 8.54. The van der Waals surface area contributed by atoms with Crippen LogP contribution in [0.1, 0.15) is 28.9 Å². The summed E-state index contributed by atoms with van der Waals surface area (Å²) in [5.41, 5.74) is 10.1. The minimum absolute atomic E-state index is 0.0316. The predicted molar refractivity (Wildman–Crippen MR) is 176 cm³/mol. The summed E-state index contributed by atoms with van der Waals surface area (Å²) in [6, 6.07) is 18.0. The molecule has 0 spiro atoms. The topological polar surface area (TPSA) is 133 Å². The van der Waals surface area contributed by atoms with Crippen molar-refractivity contribution in [2.75, 3.05) is 36.1 Å². The second kappa shape index (κ2) is 12.5. The van der Waals surface area contributed by atoms with E-state index in [0.29, 0.717) is 33.5 Å². The first-order valence-corrected chi connectivity index (χ1v) is 14.9. The number of nitrogens with two attached hydrogens (primary N) is 1. The van der Waals surface area contributed by atoms with Crippen LogP contribution in [-0.4, -0.2) is 56.5 Å². The Labute approximate surface area is 265 Å². The van der Waals surface area contributed by atoms with Gasteiger partial charge in [0, 0.05) is 50.3 Å². The summed E-state index contributed by atoms with van der Waals surface area (Å²) in [5, 5.41) is 3.24. The van der Waals surface area contributed by atoms with Crippen molar-refractivity contribution in [3.05, 3.63) is 99.7 Å². The Hall–Kier alpha value is -5.00. The molecule has 1 aliphatic heterocycles. The first kappa shape index (κ1) is 30.0. The molecule has 2 aromatic carbocycles. The number of ether oxygens (including phenoxy) is 1. The Balaban J connectivity index is 1.22. The number of hydrogen-bond donors (Lipinski definition) is 2. The quantitative estimate of drug-likeness (QED) is 0.255. The van der Waals surface area contributed by atoms with Gasteiger partial charge in [-0.2, -0.15) is 0 Å². The monoisotopic (exact) mass is 624 g/mol. The summed E-state index contributed by atoms with van der Waals surface area (Å²) in [7, 11) is 3.47. The van der Waals surface area contributed by atoms with Crippen LogP contribution < -0.4 is 21.5 Å². The predicted octanol–water partition coefficient (Wildman–Crippen LogP) is 5.11. The van der Waals surface area contributed by atoms with Gasteiger partial charge in [-0.25, -0.2) is 19.6 Å². The van der Waals surface area contributed by atoms with Gasteiger partial charge in [-0.05, 0) is 56.2 Å². The molecule has 1 amide bonds. The lowest BCUT2D eigenvalue weighted by atomic mass is 10.1. The van der Waals surface area contributed by atoms with E-state index in [4.69, 9.17) is 27.1 Å². The number of nitrogens with zero attached hydrogens (tertiary/aromatic N) is 6. The number of aromatic nitrogens is 5. The van der Waals surface area contributed by atoms with E-state index in [1.165, 1.54) is 4.68 Å². The lowest BCUT2D eigenvalue weighted by molar-refractivity contribution is 0.0818. The number of carbonyl (C=O) groups is 1. The fraction of sp³-hybridized carbons (Fsp3) is 0.242. The lowest BCUT2D eigenvalue weighted by Crippen LogP contribution is -2.37. The second-order valence-electron chi connectivity index (χ2n) is 10.9. The molecule has 0 saturated carbocycles. The summed E-state index contributed by atoms with van der Waals surface area (Å²) in [5.74, 6) is 0.647. The van der Waals surface area contributed by atoms with Crippen molar-refractivity contribution in [1.29, 1.82) is 0 Å². The first-order chi connectivity index (χ1) is 21.7. The number of methoxy groups -OCH3 is 1. The van der Waals surface area contributed by atoms with E-state index in [-0.39, 0.29) is 17.5 Å². The van der Waals surface area contributed by atoms with Gasteiger partial charge in [0.25, 0.3) is 11.5 Å². The van der Waals surface area contributed by atoms with E-state index < -0.39 is 11.5 Å². The highest BCUT2D eigenvalue weighted by molar-refractivity contribution is 6.32. The standard InChI is InChI=1S/C33H33ClN8O3/c1-20-29(33(44)42(40(20)2)27-7-5-4-6-25(27)34)32(43)38-23-10-8-21(9-11-23)30-31(35)37-19-26(39-30)22-12-15-36-28(18-22)41-16-13-24(45-3)14-17-41/h4-12,15,18-19,24H,13-14,16-17H2,1-3H3,(H2,35,37)(H,38,43). The molecule has 0 unspecified atom stereocenters. The third-order valence-electron chi connectivity index (χ3n) is 8.22. The molecule has 12 heteroatoms. The molecule has 3 aromatic heterocycles. The average molecular weight is 625 g/mol. The largest absolute Gasteiger partial charge is 0.382 e. The molecule has 45 heavy (non-hydrogen) atoms. The Morgan fingerprint density at radius 1 is 1.04 bits per heavy atom. The number of pyridine rings is 1. The number of piperidine rings is 1. The first-order valence-electron chi connectivity index (χ1n) is 14.6. The zero-order valence-electron chi connectivity index (χ0n) is 25.2. The van der Waals surface area contributed by atoms with E-state index in [1.807, 2.05) is 12.1 Å². The highest BCUT2D eigenvalue weighted by atomic mass is 35.5. The van der Waals surface area contributed by atoms with Crippen molar-refractivity contribution in [1.82, 2.24) is 24.3 Å². The molecule has 0 aliphatic carbocycles. The zero-order chi connectivity index (χ0) is 31.7. The summed E-state index contributed by atoms with van der Waals surface area (Å²) < 4.78 is 8.50. The fourth-order valence-electron chi connectivity index (χ4n) is 5.59. The van der Waals surface area contributed by atoms with Gasteiger partial charge in [-0.1, -0.05) is 35.9 Å². The number of amides is 1. The number of anilines is 3. The highest BCUT2D eigenvalue weighted by Crippen LogP contribution is 2.29. The van der Waals surface area contributed by atoms with Crippen LogP contribution in [0.3, 0.4) is 0 Å². The number of para-hydroxylation sites is 1. The van der Waals surface area contributed by atoms with Gasteiger partial charge in [-0.15, -0.1) is 0 Å². The van der Waals surface area contributed by atoms with Crippen LogP contribution in [0, 0.1) is 6.92 Å². The molecule has 6 rings (SSSR count). The molecule has 4 heterocycles. The van der Waals surface area contributed by atoms with Crippen LogP contribution in [0.25, 0.3) is 28.2 Å². The van der Waals surface area contributed by atoms with Crippen LogP contribution in [0.2, 0.25) is 5.02 Å². The van der Waals surface area contributed by atoms with E-state index in [0.717, 1.165) is 42.9 Å². The van der Waals surface area contributed by atoms with Gasteiger partial charge in [0.15, 0.2) is 0 Å². The molecule has 0 atom stereocenters. The number of carbonyl (C=O) groups excluding carboxylic acids is 1. The van der Waals surface area contributed by atoms with E-state index in [1.54, 1.807) is 86.7 Å². The molecule has 0 radical (unpaired) electrons. The molecule has 1 fully saturated rings. The molecule has 0 bridgehead atoms. The third kappa shape index (κ3) is 5.92. The number of rotatable bonds is 7. The normalized spacial score (nSPS) is 13.6. The number of hydrogen-bond acceptors (Lipinski definition) is 8. The molecule has 1 aliphatic rings. The average Bonchev–Trinajstić information content (AvgIpc) is 3.28. The van der Waals surface area contributed by atoms with Gasteiger partial charge in [0.2, 0.25) is 0 Å². The van der Waals surface area contributed by atoms with Gasteiger partial charge in [-0.3, -0.25) is 14.3 Å². The number of nitrogens with one attached hydrogen (secondary N) is 1. The maximum absolute atomic E-state index is 13.3. The number of halogens is 1. The molecular weight excluding hydrogens is 592 g/mol. The van der Waals surface area contributed by atoms with Crippen molar-refractivity contribution >= 4 is 34.8 Å². The molecule has 1 saturated heterocycles. The van der Waals surface area contributed by atoms with Gasteiger partial charge in [0.05, 0.1) is 34.4 Å². The molecule has 11 nitrogen and oxygen atoms in total. The van der Waals surface area contributed by atoms with Crippen molar-refractivity contribution in [3.8, 4) is 28.2 Å². The summed E-state index contributed by atoms with van der Waals surface area (Å²) in [6.45, 7) is 3.46. The molecule has 3 N–H and O–H groups in total. The summed E-state index contributed by atoms with van der Waals surface area (Å²) in [4.78, 5) is 42.7. The van der Waals surface area contributed by atoms with Crippen LogP contribution in [-0.2, 0) is 11.8 Å². The maximum Gasteiger partial charge on any atom is 0.284 e. The van der Waals surface area contributed by atoms with E-state index in [2.05, 4.69) is 20.2 Å². The van der Waals surface area contributed by atoms with Crippen LogP contribution in [0.5, 0.6) is 0 Å². The molecule has 230 valence electrons. The lowest BCUT2D eigenvalue weighted by Gasteiger charge is -2.32. The second-order valence-corrected chi connectivity index (χ2v) is 11.3. The number of nitrogen functional groups attached to an aromatic ring is 1. The van der Waals surface area contributed by atoms with Crippen LogP contribution >= 0.6 is 11.6 Å². The Kier molecular flexibility index (Phi) is 8.38. The minimum atomic E-state index is -0.520. The van der Waals surface area contributed by atoms with Crippen molar-refractivity contribution in [2.45, 2.75) is 25.9 Å². The summed E-state index contributed by atoms with van der Waals surface area (Å²) >= 11 is 6.34. The summed E-state index contributed by atoms with van der Waals surface area (Å²) in [6.07, 6.45) is 5.63. The van der Waals surface area contributed by atoms with E-state index in [9.17, 15) is 9.59 Å². The van der Waals surface area contributed by atoms with Crippen LogP contribution in [0.15, 0.2) is 77.9 Å². The fourth-order valence-corrected chi connectivity index (χ4v) is 5.81. The van der Waals surface area contributed by atoms with Crippen LogP contribution in [0.4, 0.5) is 17.3 Å². The van der Waals surface area contributed by atoms with Gasteiger partial charge < -0.3 is 20.7 Å². The zero-order valence-corrected chi connectivity index (χ0v) is 26.0. The molecule has 5 aromatic rings.